The van der Waals surface area contributed by atoms with Crippen LogP contribution in [0.2, 0.25) is 0 Å². The van der Waals surface area contributed by atoms with Gasteiger partial charge in [0.15, 0.2) is 0 Å². The summed E-state index contributed by atoms with van der Waals surface area (Å²) in [6.07, 6.45) is 1.67. The van der Waals surface area contributed by atoms with Crippen LogP contribution >= 0.6 is 0 Å². The molecule has 0 spiro atoms. The molecule has 27 heavy (non-hydrogen) atoms. The standard InChI is InChI=1S/C19H16F3N3O2/c1-18(26-2,15-10-23-12-24-11-15)17-8-5-14(9-25-17)13-3-6-16(7-4-13)27-19(20,21)22/h3-12H,1-2H3. The van der Waals surface area contributed by atoms with Crippen molar-refractivity contribution in [1.29, 1.82) is 0 Å². The second-order valence-electron chi connectivity index (χ2n) is 5.87. The Kier molecular flexibility index (Phi) is 5.09. The Balaban J connectivity index is 1.85. The van der Waals surface area contributed by atoms with Gasteiger partial charge in [0.2, 0.25) is 0 Å². The van der Waals surface area contributed by atoms with Crippen LogP contribution in [0.1, 0.15) is 18.2 Å². The minimum atomic E-state index is -4.71. The van der Waals surface area contributed by atoms with Crippen LogP contribution in [0.4, 0.5) is 13.2 Å². The number of halogens is 3. The van der Waals surface area contributed by atoms with Gasteiger partial charge in [-0.1, -0.05) is 18.2 Å². The van der Waals surface area contributed by atoms with Crippen LogP contribution < -0.4 is 4.74 Å². The first-order valence-corrected chi connectivity index (χ1v) is 7.95. The number of ether oxygens (including phenoxy) is 2. The molecule has 0 aliphatic heterocycles. The molecule has 0 radical (unpaired) electrons. The van der Waals surface area contributed by atoms with E-state index in [0.29, 0.717) is 11.3 Å². The number of methoxy groups -OCH3 is 1. The minimum absolute atomic E-state index is 0.271. The summed E-state index contributed by atoms with van der Waals surface area (Å²) in [7, 11) is 1.57. The van der Waals surface area contributed by atoms with Crippen molar-refractivity contribution in [3.05, 3.63) is 72.6 Å². The second kappa shape index (κ2) is 7.32. The first-order valence-electron chi connectivity index (χ1n) is 7.95. The van der Waals surface area contributed by atoms with Gasteiger partial charge in [0.25, 0.3) is 0 Å². The summed E-state index contributed by atoms with van der Waals surface area (Å²) in [5.41, 5.74) is 2.04. The SMILES string of the molecule is COC(C)(c1cncnc1)c1ccc(-c2ccc(OC(F)(F)F)cc2)cn1. The molecule has 8 heteroatoms. The molecule has 3 aromatic rings. The molecular weight excluding hydrogens is 359 g/mol. The van der Waals surface area contributed by atoms with E-state index in [-0.39, 0.29) is 5.75 Å². The number of hydrogen-bond donors (Lipinski definition) is 0. The van der Waals surface area contributed by atoms with Crippen molar-refractivity contribution in [3.8, 4) is 16.9 Å². The molecule has 0 saturated carbocycles. The van der Waals surface area contributed by atoms with Crippen LogP contribution in [0.15, 0.2) is 61.3 Å². The molecule has 5 nitrogen and oxygen atoms in total. The maximum Gasteiger partial charge on any atom is 0.573 e. The quantitative estimate of drug-likeness (QED) is 0.664. The number of alkyl halides is 3. The summed E-state index contributed by atoms with van der Waals surface area (Å²) in [5, 5.41) is 0. The summed E-state index contributed by atoms with van der Waals surface area (Å²) in [4.78, 5) is 12.5. The zero-order valence-corrected chi connectivity index (χ0v) is 14.6. The summed E-state index contributed by atoms with van der Waals surface area (Å²) < 4.78 is 46.3. The fourth-order valence-electron chi connectivity index (χ4n) is 2.61. The molecular formula is C19H16F3N3O2. The van der Waals surface area contributed by atoms with Gasteiger partial charge in [0.1, 0.15) is 17.7 Å². The highest BCUT2D eigenvalue weighted by molar-refractivity contribution is 5.63. The Hall–Kier alpha value is -3.00. The van der Waals surface area contributed by atoms with E-state index in [0.717, 1.165) is 11.1 Å². The number of benzene rings is 1. The van der Waals surface area contributed by atoms with E-state index in [4.69, 9.17) is 4.74 Å². The number of pyridine rings is 1. The molecule has 2 aromatic heterocycles. The highest BCUT2D eigenvalue weighted by Gasteiger charge is 2.32. The molecule has 3 rings (SSSR count). The average molecular weight is 375 g/mol. The monoisotopic (exact) mass is 375 g/mol. The Morgan fingerprint density at radius 3 is 2.00 bits per heavy atom. The maximum atomic E-state index is 12.2. The summed E-state index contributed by atoms with van der Waals surface area (Å²) in [6, 6.07) is 9.22. The first-order chi connectivity index (χ1) is 12.8. The van der Waals surface area contributed by atoms with Crippen LogP contribution in [0.25, 0.3) is 11.1 Å². The molecule has 0 fully saturated rings. The van der Waals surface area contributed by atoms with Gasteiger partial charge in [-0.25, -0.2) is 9.97 Å². The molecule has 2 heterocycles. The van der Waals surface area contributed by atoms with E-state index >= 15 is 0 Å². The van der Waals surface area contributed by atoms with Crippen molar-refractivity contribution in [2.24, 2.45) is 0 Å². The van der Waals surface area contributed by atoms with Gasteiger partial charge in [0.05, 0.1) is 5.69 Å². The lowest BCUT2D eigenvalue weighted by molar-refractivity contribution is -0.274. The van der Waals surface area contributed by atoms with E-state index in [1.807, 2.05) is 13.0 Å². The van der Waals surface area contributed by atoms with Gasteiger partial charge in [-0.2, -0.15) is 0 Å². The predicted molar refractivity (Wildman–Crippen MR) is 91.9 cm³/mol. The molecule has 0 bridgehead atoms. The van der Waals surface area contributed by atoms with Crippen molar-refractivity contribution in [2.45, 2.75) is 18.9 Å². The number of nitrogens with zero attached hydrogens (tertiary/aromatic N) is 3. The van der Waals surface area contributed by atoms with Crippen LogP contribution in [-0.2, 0) is 10.3 Å². The normalized spacial score (nSPS) is 13.8. The Morgan fingerprint density at radius 2 is 1.48 bits per heavy atom. The third kappa shape index (κ3) is 4.22. The molecule has 0 N–H and O–H groups in total. The van der Waals surface area contributed by atoms with Crippen molar-refractivity contribution in [3.63, 3.8) is 0 Å². The van der Waals surface area contributed by atoms with Gasteiger partial charge < -0.3 is 9.47 Å². The third-order valence-corrected chi connectivity index (χ3v) is 4.19. The predicted octanol–water partition coefficient (Wildman–Crippen LogP) is 4.35. The van der Waals surface area contributed by atoms with Crippen molar-refractivity contribution < 1.29 is 22.6 Å². The molecule has 1 unspecified atom stereocenters. The van der Waals surface area contributed by atoms with Gasteiger partial charge >= 0.3 is 6.36 Å². The van der Waals surface area contributed by atoms with Crippen LogP contribution in [0.3, 0.4) is 0 Å². The topological polar surface area (TPSA) is 57.1 Å². The zero-order valence-electron chi connectivity index (χ0n) is 14.6. The van der Waals surface area contributed by atoms with E-state index in [1.165, 1.54) is 30.6 Å². The van der Waals surface area contributed by atoms with Crippen molar-refractivity contribution >= 4 is 0 Å². The van der Waals surface area contributed by atoms with E-state index in [2.05, 4.69) is 19.7 Å². The second-order valence-corrected chi connectivity index (χ2v) is 5.87. The molecule has 0 aliphatic rings. The van der Waals surface area contributed by atoms with Gasteiger partial charge in [0, 0.05) is 36.8 Å². The molecule has 0 aliphatic carbocycles. The first kappa shape index (κ1) is 18.8. The lowest BCUT2D eigenvalue weighted by Gasteiger charge is -2.27. The summed E-state index contributed by atoms with van der Waals surface area (Å²) >= 11 is 0. The fraction of sp³-hybridized carbons (Fsp3) is 0.211. The van der Waals surface area contributed by atoms with Crippen LogP contribution in [-0.4, -0.2) is 28.4 Å². The highest BCUT2D eigenvalue weighted by atomic mass is 19.4. The lowest BCUT2D eigenvalue weighted by Crippen LogP contribution is -2.27. The van der Waals surface area contributed by atoms with Gasteiger partial charge in [-0.3, -0.25) is 4.98 Å². The Bertz CT molecular complexity index is 885. The zero-order chi connectivity index (χ0) is 19.5. The molecule has 0 saturated heterocycles. The number of aromatic nitrogens is 3. The largest absolute Gasteiger partial charge is 0.573 e. The molecule has 0 amide bonds. The molecule has 1 aromatic carbocycles. The van der Waals surface area contributed by atoms with Crippen LogP contribution in [0, 0.1) is 0 Å². The highest BCUT2D eigenvalue weighted by Crippen LogP contribution is 2.32. The summed E-state index contributed by atoms with van der Waals surface area (Å²) in [6.45, 7) is 1.86. The minimum Gasteiger partial charge on any atom is -0.406 e. The molecule has 140 valence electrons. The Morgan fingerprint density at radius 1 is 0.852 bits per heavy atom. The van der Waals surface area contributed by atoms with Crippen LogP contribution in [0.5, 0.6) is 5.75 Å². The molecule has 1 atom stereocenters. The van der Waals surface area contributed by atoms with E-state index < -0.39 is 12.0 Å². The average Bonchev–Trinajstić information content (AvgIpc) is 2.67. The van der Waals surface area contributed by atoms with Crippen molar-refractivity contribution in [2.75, 3.05) is 7.11 Å². The third-order valence-electron chi connectivity index (χ3n) is 4.19. The lowest BCUT2D eigenvalue weighted by atomic mass is 9.93. The van der Waals surface area contributed by atoms with Gasteiger partial charge in [-0.15, -0.1) is 13.2 Å². The maximum absolute atomic E-state index is 12.2. The summed E-state index contributed by atoms with van der Waals surface area (Å²) in [5.74, 6) is -0.271. The Labute approximate surface area is 153 Å². The smallest absolute Gasteiger partial charge is 0.406 e. The van der Waals surface area contributed by atoms with E-state index in [1.54, 1.807) is 31.8 Å². The van der Waals surface area contributed by atoms with E-state index in [9.17, 15) is 13.2 Å². The number of hydrogen-bond acceptors (Lipinski definition) is 5. The van der Waals surface area contributed by atoms with Crippen molar-refractivity contribution in [1.82, 2.24) is 15.0 Å². The van der Waals surface area contributed by atoms with Gasteiger partial charge in [-0.05, 0) is 30.7 Å². The fourth-order valence-corrected chi connectivity index (χ4v) is 2.61. The number of rotatable bonds is 5.